The highest BCUT2D eigenvalue weighted by molar-refractivity contribution is 7.93. The summed E-state index contributed by atoms with van der Waals surface area (Å²) in [7, 11) is -3.11. The Balaban J connectivity index is 1.37. The molecule has 2 aliphatic carbocycles. The molecule has 2 aromatic carbocycles. The number of urea groups is 1. The summed E-state index contributed by atoms with van der Waals surface area (Å²) in [5.74, 6) is -0.692. The van der Waals surface area contributed by atoms with E-state index in [1.165, 1.54) is 22.3 Å². The molecule has 5 rings (SSSR count). The Morgan fingerprint density at radius 1 is 1.07 bits per heavy atom. The predicted octanol–water partition coefficient (Wildman–Crippen LogP) is 3.57. The Morgan fingerprint density at radius 2 is 1.73 bits per heavy atom. The number of amides is 3. The minimum absolute atomic E-state index is 0.0547. The quantitative estimate of drug-likeness (QED) is 0.791. The van der Waals surface area contributed by atoms with Gasteiger partial charge in [-0.3, -0.25) is 9.52 Å². The van der Waals surface area contributed by atoms with Gasteiger partial charge in [-0.25, -0.2) is 9.00 Å². The largest absolute Gasteiger partial charge is 0.354 e. The van der Waals surface area contributed by atoms with Gasteiger partial charge in [0, 0.05) is 5.69 Å². The summed E-state index contributed by atoms with van der Waals surface area (Å²) >= 11 is 0. The number of carbonyl (C=O) groups is 2. The second-order valence-corrected chi connectivity index (χ2v) is 10.4. The smallest absolute Gasteiger partial charge is 0.305 e. The van der Waals surface area contributed by atoms with Crippen molar-refractivity contribution in [1.82, 2.24) is 4.72 Å². The highest BCUT2D eigenvalue weighted by Gasteiger charge is 2.35. The predicted molar refractivity (Wildman–Crippen MR) is 117 cm³/mol. The Bertz CT molecular complexity index is 1120. The van der Waals surface area contributed by atoms with Crippen LogP contribution < -0.4 is 10.0 Å². The third-order valence-electron chi connectivity index (χ3n) is 6.32. The average molecular weight is 424 g/mol. The molecule has 2 aromatic rings. The number of hydrogen-bond acceptors (Lipinski definition) is 3. The SMILES string of the molecule is O=C(N=S1(=O)CC(Cc2ccccc2)C(=O)N1)Nc1c2c(cc3c1CCC3)CCC2. The second kappa shape index (κ2) is 7.54. The van der Waals surface area contributed by atoms with Gasteiger partial charge in [-0.05, 0) is 72.8 Å². The molecule has 0 aromatic heterocycles. The summed E-state index contributed by atoms with van der Waals surface area (Å²) in [5.41, 5.74) is 6.90. The number of benzene rings is 2. The first-order valence-electron chi connectivity index (χ1n) is 10.6. The molecule has 2 N–H and O–H groups in total. The van der Waals surface area contributed by atoms with Crippen molar-refractivity contribution in [2.45, 2.75) is 44.9 Å². The van der Waals surface area contributed by atoms with Crippen molar-refractivity contribution in [3.63, 3.8) is 0 Å². The Labute approximate surface area is 176 Å². The number of fused-ring (bicyclic) bond motifs is 2. The van der Waals surface area contributed by atoms with E-state index in [4.69, 9.17) is 0 Å². The van der Waals surface area contributed by atoms with Crippen LogP contribution in [0, 0.1) is 5.92 Å². The molecule has 6 nitrogen and oxygen atoms in total. The van der Waals surface area contributed by atoms with E-state index < -0.39 is 21.9 Å². The lowest BCUT2D eigenvalue weighted by Gasteiger charge is -2.15. The van der Waals surface area contributed by atoms with Crippen LogP contribution in [0.3, 0.4) is 0 Å². The number of anilines is 1. The van der Waals surface area contributed by atoms with E-state index in [1.54, 1.807) is 0 Å². The molecule has 1 heterocycles. The molecule has 0 spiro atoms. The van der Waals surface area contributed by atoms with E-state index in [-0.39, 0.29) is 11.7 Å². The standard InChI is InChI=1S/C23H25N3O3S/c27-22-18(12-15-6-2-1-3-7-15)14-30(29,25-22)26-23(28)24-21-19-10-4-8-16(19)13-17-9-5-11-20(17)21/h1-3,6-7,13,18H,4-5,8-12,14H2,(H2,24,25,26,27,28,29). The first-order valence-corrected chi connectivity index (χ1v) is 12.3. The van der Waals surface area contributed by atoms with Crippen molar-refractivity contribution in [1.29, 1.82) is 0 Å². The van der Waals surface area contributed by atoms with Gasteiger partial charge >= 0.3 is 6.03 Å². The van der Waals surface area contributed by atoms with Gasteiger partial charge in [-0.1, -0.05) is 36.4 Å². The summed E-state index contributed by atoms with van der Waals surface area (Å²) in [6.07, 6.45) is 6.64. The number of hydrogen-bond donors (Lipinski definition) is 2. The molecule has 7 heteroatoms. The molecule has 0 saturated carbocycles. The molecule has 1 aliphatic heterocycles. The topological polar surface area (TPSA) is 87.6 Å². The molecule has 3 amide bonds. The summed E-state index contributed by atoms with van der Waals surface area (Å²) in [4.78, 5) is 25.1. The zero-order valence-electron chi connectivity index (χ0n) is 16.8. The lowest BCUT2D eigenvalue weighted by molar-refractivity contribution is -0.121. The minimum Gasteiger partial charge on any atom is -0.305 e. The van der Waals surface area contributed by atoms with Crippen molar-refractivity contribution >= 4 is 27.5 Å². The number of nitrogens with zero attached hydrogens (tertiary/aromatic N) is 1. The molecule has 3 aliphatic rings. The van der Waals surface area contributed by atoms with E-state index in [0.29, 0.717) is 6.42 Å². The third-order valence-corrected chi connectivity index (χ3v) is 8.15. The fraction of sp³-hybridized carbons (Fsp3) is 0.391. The lowest BCUT2D eigenvalue weighted by atomic mass is 9.99. The maximum Gasteiger partial charge on any atom is 0.354 e. The zero-order chi connectivity index (χ0) is 20.7. The van der Waals surface area contributed by atoms with E-state index >= 15 is 0 Å². The van der Waals surface area contributed by atoms with E-state index in [0.717, 1.165) is 49.8 Å². The van der Waals surface area contributed by atoms with E-state index in [2.05, 4.69) is 20.5 Å². The van der Waals surface area contributed by atoms with E-state index in [1.807, 2.05) is 30.3 Å². The number of carbonyl (C=O) groups excluding carboxylic acids is 2. The van der Waals surface area contributed by atoms with E-state index in [9.17, 15) is 13.8 Å². The maximum absolute atomic E-state index is 13.1. The van der Waals surface area contributed by atoms with Gasteiger partial charge in [0.1, 0.15) is 9.92 Å². The molecule has 1 fully saturated rings. The minimum atomic E-state index is -3.11. The van der Waals surface area contributed by atoms with Gasteiger partial charge in [-0.2, -0.15) is 0 Å². The molecule has 1 saturated heterocycles. The van der Waals surface area contributed by atoms with Crippen LogP contribution in [-0.2, 0) is 46.8 Å². The third kappa shape index (κ3) is 3.62. The molecule has 2 unspecified atom stereocenters. The van der Waals surface area contributed by atoms with Crippen LogP contribution in [0.1, 0.15) is 40.7 Å². The van der Waals surface area contributed by atoms with Crippen molar-refractivity contribution in [2.75, 3.05) is 11.1 Å². The fourth-order valence-electron chi connectivity index (χ4n) is 4.97. The average Bonchev–Trinajstić information content (AvgIpc) is 3.42. The molecule has 2 atom stereocenters. The Kier molecular flexibility index (Phi) is 4.85. The first-order chi connectivity index (χ1) is 14.5. The van der Waals surface area contributed by atoms with Gasteiger partial charge < -0.3 is 5.32 Å². The van der Waals surface area contributed by atoms with Gasteiger partial charge in [0.25, 0.3) is 0 Å². The number of nitrogens with one attached hydrogen (secondary N) is 2. The monoisotopic (exact) mass is 423 g/mol. The number of rotatable bonds is 3. The molecule has 156 valence electrons. The van der Waals surface area contributed by atoms with Gasteiger partial charge in [-0.15, -0.1) is 4.36 Å². The molecule has 0 bridgehead atoms. The lowest BCUT2D eigenvalue weighted by Crippen LogP contribution is -2.24. The highest BCUT2D eigenvalue weighted by atomic mass is 32.2. The van der Waals surface area contributed by atoms with Crippen LogP contribution in [0.4, 0.5) is 10.5 Å². The van der Waals surface area contributed by atoms with Crippen molar-refractivity contribution < 1.29 is 13.8 Å². The zero-order valence-corrected chi connectivity index (χ0v) is 17.6. The Hall–Kier alpha value is -2.67. The Morgan fingerprint density at radius 3 is 2.40 bits per heavy atom. The first kappa shape index (κ1) is 19.3. The van der Waals surface area contributed by atoms with Gasteiger partial charge in [0.2, 0.25) is 5.91 Å². The highest BCUT2D eigenvalue weighted by Crippen LogP contribution is 2.38. The van der Waals surface area contributed by atoms with Crippen LogP contribution in [-0.4, -0.2) is 21.9 Å². The number of aryl methyl sites for hydroxylation is 2. The van der Waals surface area contributed by atoms with Crippen molar-refractivity contribution in [3.05, 3.63) is 64.2 Å². The van der Waals surface area contributed by atoms with Gasteiger partial charge in [0.15, 0.2) is 0 Å². The van der Waals surface area contributed by atoms with Crippen LogP contribution in [0.15, 0.2) is 40.8 Å². The van der Waals surface area contributed by atoms with Crippen LogP contribution in [0.2, 0.25) is 0 Å². The molecular formula is C23H25N3O3S. The second-order valence-electron chi connectivity index (χ2n) is 8.42. The van der Waals surface area contributed by atoms with Crippen molar-refractivity contribution in [3.8, 4) is 0 Å². The normalized spacial score (nSPS) is 24.3. The van der Waals surface area contributed by atoms with Gasteiger partial charge in [0.05, 0.1) is 11.7 Å². The van der Waals surface area contributed by atoms with Crippen LogP contribution >= 0.6 is 0 Å². The van der Waals surface area contributed by atoms with Crippen LogP contribution in [0.25, 0.3) is 0 Å². The molecular weight excluding hydrogens is 398 g/mol. The fourth-order valence-corrected chi connectivity index (χ4v) is 6.78. The van der Waals surface area contributed by atoms with Crippen LogP contribution in [0.5, 0.6) is 0 Å². The maximum atomic E-state index is 13.1. The summed E-state index contributed by atoms with van der Waals surface area (Å²) in [5, 5.41) is 2.94. The van der Waals surface area contributed by atoms with Crippen molar-refractivity contribution in [2.24, 2.45) is 10.3 Å². The summed E-state index contributed by atoms with van der Waals surface area (Å²) in [6, 6.07) is 11.3. The summed E-state index contributed by atoms with van der Waals surface area (Å²) < 4.78 is 19.5. The molecule has 30 heavy (non-hydrogen) atoms. The summed E-state index contributed by atoms with van der Waals surface area (Å²) in [6.45, 7) is 0. The molecule has 0 radical (unpaired) electrons.